The minimum Gasteiger partial charge on any atom is -0.298 e. The molecule has 0 heterocycles. The molecular formula is C12H15FOS. The van der Waals surface area contributed by atoms with Crippen molar-refractivity contribution >= 4 is 17.5 Å². The van der Waals surface area contributed by atoms with E-state index in [0.29, 0.717) is 12.2 Å². The van der Waals surface area contributed by atoms with Crippen LogP contribution in [-0.2, 0) is 11.2 Å². The van der Waals surface area contributed by atoms with Crippen LogP contribution < -0.4 is 0 Å². The Bertz CT molecular complexity index is 349. The molecule has 0 fully saturated rings. The second-order valence-electron chi connectivity index (χ2n) is 3.42. The summed E-state index contributed by atoms with van der Waals surface area (Å²) in [6.07, 6.45) is 0.416. The number of aryl methyl sites for hydroxylation is 1. The fraction of sp³-hybridized carbons (Fsp3) is 0.417. The molecule has 0 N–H and O–H groups in total. The molecule has 0 saturated carbocycles. The Morgan fingerprint density at radius 3 is 2.80 bits per heavy atom. The van der Waals surface area contributed by atoms with Crippen LogP contribution in [0.5, 0.6) is 0 Å². The number of benzene rings is 1. The molecule has 3 heteroatoms. The minimum atomic E-state index is -0.244. The molecule has 0 aliphatic carbocycles. The summed E-state index contributed by atoms with van der Waals surface area (Å²) in [7, 11) is 0. The standard InChI is InChI=1S/C12H15FOS/c1-3-15-8-12(14)7-10-4-5-11(13)6-9(10)2/h4-6H,3,7-8H2,1-2H3. The summed E-state index contributed by atoms with van der Waals surface area (Å²) in [6, 6.07) is 4.57. The summed E-state index contributed by atoms with van der Waals surface area (Å²) < 4.78 is 12.8. The van der Waals surface area contributed by atoms with Gasteiger partial charge in [0, 0.05) is 6.42 Å². The summed E-state index contributed by atoms with van der Waals surface area (Å²) in [5.41, 5.74) is 1.78. The number of ketones is 1. The van der Waals surface area contributed by atoms with E-state index in [-0.39, 0.29) is 11.6 Å². The van der Waals surface area contributed by atoms with Gasteiger partial charge in [0.25, 0.3) is 0 Å². The van der Waals surface area contributed by atoms with E-state index in [1.807, 2.05) is 13.8 Å². The van der Waals surface area contributed by atoms with E-state index >= 15 is 0 Å². The maximum absolute atomic E-state index is 12.8. The second kappa shape index (κ2) is 5.91. The van der Waals surface area contributed by atoms with E-state index in [0.717, 1.165) is 16.9 Å². The normalized spacial score (nSPS) is 10.3. The quantitative estimate of drug-likeness (QED) is 0.767. The predicted molar refractivity (Wildman–Crippen MR) is 62.8 cm³/mol. The van der Waals surface area contributed by atoms with Gasteiger partial charge in [-0.15, -0.1) is 0 Å². The number of hydrogen-bond acceptors (Lipinski definition) is 2. The van der Waals surface area contributed by atoms with Crippen LogP contribution in [0.25, 0.3) is 0 Å². The molecule has 0 saturated heterocycles. The molecular weight excluding hydrogens is 211 g/mol. The lowest BCUT2D eigenvalue weighted by molar-refractivity contribution is -0.116. The molecule has 82 valence electrons. The van der Waals surface area contributed by atoms with Gasteiger partial charge in [-0.1, -0.05) is 13.0 Å². The van der Waals surface area contributed by atoms with Crippen LogP contribution in [0.15, 0.2) is 18.2 Å². The summed E-state index contributed by atoms with van der Waals surface area (Å²) in [4.78, 5) is 11.5. The highest BCUT2D eigenvalue weighted by molar-refractivity contribution is 7.99. The Hall–Kier alpha value is -0.830. The fourth-order valence-corrected chi connectivity index (χ4v) is 1.87. The van der Waals surface area contributed by atoms with Crippen LogP contribution in [-0.4, -0.2) is 17.3 Å². The molecule has 15 heavy (non-hydrogen) atoms. The van der Waals surface area contributed by atoms with Crippen molar-refractivity contribution in [2.75, 3.05) is 11.5 Å². The summed E-state index contributed by atoms with van der Waals surface area (Å²) in [6.45, 7) is 3.86. The molecule has 0 bridgehead atoms. The Morgan fingerprint density at radius 2 is 2.20 bits per heavy atom. The average molecular weight is 226 g/mol. The van der Waals surface area contributed by atoms with E-state index in [1.54, 1.807) is 17.8 Å². The third-order valence-electron chi connectivity index (χ3n) is 2.16. The molecule has 1 aromatic carbocycles. The van der Waals surface area contributed by atoms with Gasteiger partial charge < -0.3 is 0 Å². The zero-order valence-corrected chi connectivity index (χ0v) is 9.86. The number of Topliss-reactive ketones (excluding diaryl/α,β-unsaturated/α-hetero) is 1. The van der Waals surface area contributed by atoms with Crippen molar-refractivity contribution in [3.63, 3.8) is 0 Å². The van der Waals surface area contributed by atoms with Gasteiger partial charge in [0.2, 0.25) is 0 Å². The molecule has 0 radical (unpaired) electrons. The van der Waals surface area contributed by atoms with Crippen LogP contribution in [0.1, 0.15) is 18.1 Å². The molecule has 0 aliphatic heterocycles. The summed E-state index contributed by atoms with van der Waals surface area (Å²) in [5, 5.41) is 0. The van der Waals surface area contributed by atoms with Gasteiger partial charge in [-0.05, 0) is 35.9 Å². The van der Waals surface area contributed by atoms with E-state index in [4.69, 9.17) is 0 Å². The number of hydrogen-bond donors (Lipinski definition) is 0. The highest BCUT2D eigenvalue weighted by atomic mass is 32.2. The molecule has 0 amide bonds. The first-order valence-electron chi connectivity index (χ1n) is 4.98. The monoisotopic (exact) mass is 226 g/mol. The van der Waals surface area contributed by atoms with Crippen LogP contribution in [0.3, 0.4) is 0 Å². The van der Waals surface area contributed by atoms with Crippen molar-refractivity contribution < 1.29 is 9.18 Å². The maximum Gasteiger partial charge on any atom is 0.147 e. The van der Waals surface area contributed by atoms with Crippen molar-refractivity contribution in [1.29, 1.82) is 0 Å². The molecule has 0 aliphatic rings. The summed E-state index contributed by atoms with van der Waals surface area (Å²) in [5.74, 6) is 1.46. The Kier molecular flexibility index (Phi) is 4.82. The number of halogens is 1. The highest BCUT2D eigenvalue weighted by Gasteiger charge is 2.06. The third-order valence-corrected chi connectivity index (χ3v) is 3.09. The van der Waals surface area contributed by atoms with Gasteiger partial charge in [0.1, 0.15) is 11.6 Å². The molecule has 1 rings (SSSR count). The zero-order valence-electron chi connectivity index (χ0n) is 9.05. The van der Waals surface area contributed by atoms with Gasteiger partial charge in [0.15, 0.2) is 0 Å². The van der Waals surface area contributed by atoms with Crippen molar-refractivity contribution in [2.24, 2.45) is 0 Å². The molecule has 0 atom stereocenters. The van der Waals surface area contributed by atoms with E-state index in [1.165, 1.54) is 12.1 Å². The fourth-order valence-electron chi connectivity index (χ4n) is 1.34. The predicted octanol–water partition coefficient (Wildman–Crippen LogP) is 3.00. The van der Waals surface area contributed by atoms with E-state index < -0.39 is 0 Å². The Morgan fingerprint density at radius 1 is 1.47 bits per heavy atom. The first kappa shape index (κ1) is 12.2. The second-order valence-corrected chi connectivity index (χ2v) is 4.70. The van der Waals surface area contributed by atoms with Crippen molar-refractivity contribution in [1.82, 2.24) is 0 Å². The van der Waals surface area contributed by atoms with Crippen molar-refractivity contribution in [2.45, 2.75) is 20.3 Å². The smallest absolute Gasteiger partial charge is 0.147 e. The molecule has 0 unspecified atom stereocenters. The van der Waals surface area contributed by atoms with Gasteiger partial charge in [-0.2, -0.15) is 11.8 Å². The number of thioether (sulfide) groups is 1. The molecule has 0 spiro atoms. The minimum absolute atomic E-state index is 0.205. The summed E-state index contributed by atoms with van der Waals surface area (Å²) >= 11 is 1.62. The lowest BCUT2D eigenvalue weighted by Crippen LogP contribution is -2.07. The Balaban J connectivity index is 2.60. The van der Waals surface area contributed by atoms with E-state index in [2.05, 4.69) is 0 Å². The Labute approximate surface area is 94.1 Å². The third kappa shape index (κ3) is 4.04. The first-order valence-corrected chi connectivity index (χ1v) is 6.13. The number of carbonyl (C=O) groups excluding carboxylic acids is 1. The average Bonchev–Trinajstić information content (AvgIpc) is 2.19. The first-order chi connectivity index (χ1) is 7.13. The molecule has 0 aromatic heterocycles. The van der Waals surface area contributed by atoms with E-state index in [9.17, 15) is 9.18 Å². The highest BCUT2D eigenvalue weighted by Crippen LogP contribution is 2.12. The largest absolute Gasteiger partial charge is 0.298 e. The molecule has 1 nitrogen and oxygen atoms in total. The lowest BCUT2D eigenvalue weighted by Gasteiger charge is -2.04. The van der Waals surface area contributed by atoms with Crippen LogP contribution >= 0.6 is 11.8 Å². The molecule has 1 aromatic rings. The lowest BCUT2D eigenvalue weighted by atomic mass is 10.0. The van der Waals surface area contributed by atoms with Gasteiger partial charge in [0.05, 0.1) is 5.75 Å². The zero-order chi connectivity index (χ0) is 11.3. The number of rotatable bonds is 5. The maximum atomic E-state index is 12.8. The van der Waals surface area contributed by atoms with Gasteiger partial charge in [-0.25, -0.2) is 4.39 Å². The van der Waals surface area contributed by atoms with Crippen LogP contribution in [0, 0.1) is 12.7 Å². The van der Waals surface area contributed by atoms with Crippen molar-refractivity contribution in [3.8, 4) is 0 Å². The topological polar surface area (TPSA) is 17.1 Å². The number of carbonyl (C=O) groups is 1. The van der Waals surface area contributed by atoms with Crippen LogP contribution in [0.4, 0.5) is 4.39 Å². The van der Waals surface area contributed by atoms with Crippen LogP contribution in [0.2, 0.25) is 0 Å². The van der Waals surface area contributed by atoms with Gasteiger partial charge >= 0.3 is 0 Å². The SMILES string of the molecule is CCSCC(=O)Cc1ccc(F)cc1C. The van der Waals surface area contributed by atoms with Gasteiger partial charge in [-0.3, -0.25) is 4.79 Å². The van der Waals surface area contributed by atoms with Crippen molar-refractivity contribution in [3.05, 3.63) is 35.1 Å².